The summed E-state index contributed by atoms with van der Waals surface area (Å²) in [4.78, 5) is 0. The second-order valence-electron chi connectivity index (χ2n) is 4.09. The van der Waals surface area contributed by atoms with Crippen molar-refractivity contribution in [3.63, 3.8) is 0 Å². The first-order valence-electron chi connectivity index (χ1n) is 6.01. The molecule has 0 bridgehead atoms. The summed E-state index contributed by atoms with van der Waals surface area (Å²) in [6.45, 7) is 2.08. The second-order valence-corrected chi connectivity index (χ2v) is 6.59. The molecule has 2 rings (SSSR count). The Bertz CT molecular complexity index is 564. The van der Waals surface area contributed by atoms with Crippen LogP contribution >= 0.6 is 7.37 Å². The van der Waals surface area contributed by atoms with Crippen LogP contribution in [0.5, 0.6) is 0 Å². The number of hydrogen-bond acceptors (Lipinski definition) is 2. The van der Waals surface area contributed by atoms with Crippen molar-refractivity contribution in [3.8, 4) is 0 Å². The maximum Gasteiger partial charge on any atom is 0.261 e. The first-order valence-corrected chi connectivity index (χ1v) is 7.64. The maximum absolute atomic E-state index is 13.0. The van der Waals surface area contributed by atoms with Crippen LogP contribution in [0, 0.1) is 0 Å². The fourth-order valence-electron chi connectivity index (χ4n) is 1.94. The van der Waals surface area contributed by atoms with Gasteiger partial charge in [-0.15, -0.1) is 0 Å². The highest BCUT2D eigenvalue weighted by atomic mass is 31.2. The number of benzene rings is 2. The van der Waals surface area contributed by atoms with Crippen LogP contribution in [0.25, 0.3) is 0 Å². The lowest BCUT2D eigenvalue weighted by Crippen LogP contribution is -2.17. The Morgan fingerprint density at radius 2 is 1.67 bits per heavy atom. The van der Waals surface area contributed by atoms with Gasteiger partial charge in [-0.25, -0.2) is 0 Å². The van der Waals surface area contributed by atoms with E-state index in [0.717, 1.165) is 17.0 Å². The Labute approximate surface area is 108 Å². The molecule has 2 aromatic carbocycles. The monoisotopic (exact) mass is 260 g/mol. The quantitative estimate of drug-likeness (QED) is 0.789. The zero-order chi connectivity index (χ0) is 13.0. The smallest absolute Gasteiger partial charge is 0.261 e. The molecule has 18 heavy (non-hydrogen) atoms. The van der Waals surface area contributed by atoms with Gasteiger partial charge in [-0.05, 0) is 36.2 Å². The Morgan fingerprint density at radius 3 is 2.28 bits per heavy atom. The molecule has 1 unspecified atom stereocenters. The van der Waals surface area contributed by atoms with E-state index in [-0.39, 0.29) is 0 Å². The van der Waals surface area contributed by atoms with Gasteiger partial charge in [-0.2, -0.15) is 0 Å². The van der Waals surface area contributed by atoms with Crippen molar-refractivity contribution in [2.24, 2.45) is 0 Å². The topological polar surface area (TPSA) is 26.3 Å². The Kier molecular flexibility index (Phi) is 4.00. The van der Waals surface area contributed by atoms with E-state index in [1.807, 2.05) is 54.6 Å². The molecule has 0 saturated carbocycles. The molecule has 2 aromatic rings. The van der Waals surface area contributed by atoms with Gasteiger partial charge in [0.1, 0.15) is 0 Å². The standard InChI is InChI=1S/C15H17O2P/c1-3-13-8-7-11-15(12-13)18(16,17-2)14-9-5-4-6-10-14/h4-12H,3H2,1-2H3. The van der Waals surface area contributed by atoms with Crippen molar-refractivity contribution in [3.05, 3.63) is 60.2 Å². The first-order chi connectivity index (χ1) is 8.70. The minimum absolute atomic E-state index is 0.737. The van der Waals surface area contributed by atoms with Crippen LogP contribution in [-0.2, 0) is 15.5 Å². The van der Waals surface area contributed by atoms with Gasteiger partial charge in [0.2, 0.25) is 0 Å². The molecule has 0 N–H and O–H groups in total. The lowest BCUT2D eigenvalue weighted by atomic mass is 10.2. The number of rotatable bonds is 4. The average Bonchev–Trinajstić information content (AvgIpc) is 2.47. The van der Waals surface area contributed by atoms with Crippen LogP contribution in [0.1, 0.15) is 12.5 Å². The lowest BCUT2D eigenvalue weighted by Gasteiger charge is -2.17. The van der Waals surface area contributed by atoms with E-state index in [4.69, 9.17) is 4.52 Å². The SMILES string of the molecule is CCc1cccc(P(=O)(OC)c2ccccc2)c1. The van der Waals surface area contributed by atoms with Gasteiger partial charge in [0, 0.05) is 17.7 Å². The van der Waals surface area contributed by atoms with E-state index in [9.17, 15) is 4.57 Å². The first kappa shape index (κ1) is 13.1. The molecule has 2 nitrogen and oxygen atoms in total. The van der Waals surface area contributed by atoms with E-state index >= 15 is 0 Å². The molecular weight excluding hydrogens is 243 g/mol. The Hall–Kier alpha value is -1.37. The predicted molar refractivity (Wildman–Crippen MR) is 76.1 cm³/mol. The molecule has 94 valence electrons. The van der Waals surface area contributed by atoms with Gasteiger partial charge < -0.3 is 4.52 Å². The van der Waals surface area contributed by atoms with E-state index < -0.39 is 7.37 Å². The van der Waals surface area contributed by atoms with E-state index in [1.165, 1.54) is 12.7 Å². The minimum atomic E-state index is -2.95. The van der Waals surface area contributed by atoms with Gasteiger partial charge in [-0.3, -0.25) is 4.57 Å². The molecule has 0 fully saturated rings. The summed E-state index contributed by atoms with van der Waals surface area (Å²) in [6.07, 6.45) is 0.923. The fourth-order valence-corrected chi connectivity index (χ4v) is 3.85. The van der Waals surface area contributed by atoms with Crippen LogP contribution < -0.4 is 10.6 Å². The molecule has 0 aromatic heterocycles. The predicted octanol–water partition coefficient (Wildman–Crippen LogP) is 3.12. The number of hydrogen-bond donors (Lipinski definition) is 0. The van der Waals surface area contributed by atoms with E-state index in [1.54, 1.807) is 0 Å². The number of aryl methyl sites for hydroxylation is 1. The molecule has 0 heterocycles. The molecule has 0 aliphatic rings. The van der Waals surface area contributed by atoms with Gasteiger partial charge >= 0.3 is 0 Å². The third-order valence-electron chi connectivity index (χ3n) is 3.01. The van der Waals surface area contributed by atoms with Crippen molar-refractivity contribution in [2.45, 2.75) is 13.3 Å². The van der Waals surface area contributed by atoms with Crippen molar-refractivity contribution < 1.29 is 9.09 Å². The molecule has 3 heteroatoms. The molecule has 0 amide bonds. The normalized spacial score (nSPS) is 14.1. The molecule has 0 aliphatic carbocycles. The summed E-state index contributed by atoms with van der Waals surface area (Å²) in [5.41, 5.74) is 1.17. The molecule has 1 atom stereocenters. The molecule has 0 spiro atoms. The fraction of sp³-hybridized carbons (Fsp3) is 0.200. The zero-order valence-corrected chi connectivity index (χ0v) is 11.6. The van der Waals surface area contributed by atoms with Crippen molar-refractivity contribution in [1.82, 2.24) is 0 Å². The maximum atomic E-state index is 13.0. The summed E-state index contributed by atoms with van der Waals surface area (Å²) in [5, 5.41) is 1.50. The van der Waals surface area contributed by atoms with E-state index in [0.29, 0.717) is 0 Å². The van der Waals surface area contributed by atoms with Crippen molar-refractivity contribution >= 4 is 18.0 Å². The van der Waals surface area contributed by atoms with Crippen LogP contribution in [0.4, 0.5) is 0 Å². The van der Waals surface area contributed by atoms with Crippen molar-refractivity contribution in [1.29, 1.82) is 0 Å². The van der Waals surface area contributed by atoms with Crippen LogP contribution in [0.2, 0.25) is 0 Å². The van der Waals surface area contributed by atoms with Gasteiger partial charge in [0.25, 0.3) is 7.37 Å². The average molecular weight is 260 g/mol. The summed E-state index contributed by atoms with van der Waals surface area (Å²) >= 11 is 0. The highest BCUT2D eigenvalue weighted by molar-refractivity contribution is 7.74. The minimum Gasteiger partial charge on any atom is -0.325 e. The molecular formula is C15H17O2P. The summed E-state index contributed by atoms with van der Waals surface area (Å²) < 4.78 is 18.4. The third kappa shape index (κ3) is 2.40. The van der Waals surface area contributed by atoms with Crippen LogP contribution in [0.3, 0.4) is 0 Å². The largest absolute Gasteiger partial charge is 0.325 e. The van der Waals surface area contributed by atoms with Crippen molar-refractivity contribution in [2.75, 3.05) is 7.11 Å². The molecule has 0 radical (unpaired) electrons. The second kappa shape index (κ2) is 5.51. The molecule has 0 aliphatic heterocycles. The van der Waals surface area contributed by atoms with Gasteiger partial charge in [0.15, 0.2) is 0 Å². The summed E-state index contributed by atoms with van der Waals surface area (Å²) in [6, 6.07) is 17.2. The summed E-state index contributed by atoms with van der Waals surface area (Å²) in [5.74, 6) is 0. The highest BCUT2D eigenvalue weighted by Crippen LogP contribution is 2.43. The highest BCUT2D eigenvalue weighted by Gasteiger charge is 2.26. The van der Waals surface area contributed by atoms with Gasteiger partial charge in [-0.1, -0.05) is 37.3 Å². The zero-order valence-electron chi connectivity index (χ0n) is 10.7. The van der Waals surface area contributed by atoms with Gasteiger partial charge in [0.05, 0.1) is 0 Å². The molecule has 0 saturated heterocycles. The summed E-state index contributed by atoms with van der Waals surface area (Å²) in [7, 11) is -1.44. The lowest BCUT2D eigenvalue weighted by molar-refractivity contribution is 0.412. The third-order valence-corrected chi connectivity index (χ3v) is 5.46. The van der Waals surface area contributed by atoms with Crippen LogP contribution in [0.15, 0.2) is 54.6 Å². The van der Waals surface area contributed by atoms with E-state index in [2.05, 4.69) is 6.92 Å². The van der Waals surface area contributed by atoms with Crippen LogP contribution in [-0.4, -0.2) is 7.11 Å². The Morgan fingerprint density at radius 1 is 1.00 bits per heavy atom. The Balaban J connectivity index is 2.53.